The van der Waals surface area contributed by atoms with Crippen LogP contribution in [0.2, 0.25) is 0 Å². The number of urea groups is 1. The molecule has 1 fully saturated rings. The average Bonchev–Trinajstić information content (AvgIpc) is 3.31. The van der Waals surface area contributed by atoms with E-state index in [9.17, 15) is 9.59 Å². The van der Waals surface area contributed by atoms with Crippen LogP contribution in [-0.2, 0) is 7.05 Å². The summed E-state index contributed by atoms with van der Waals surface area (Å²) in [5.41, 5.74) is 1.40. The predicted molar refractivity (Wildman–Crippen MR) is 98.1 cm³/mol. The van der Waals surface area contributed by atoms with Crippen LogP contribution < -0.4 is 11.0 Å². The molecule has 1 saturated heterocycles. The predicted octanol–water partition coefficient (Wildman–Crippen LogP) is 1.24. The number of piperidine rings is 1. The first-order valence-electron chi connectivity index (χ1n) is 8.73. The summed E-state index contributed by atoms with van der Waals surface area (Å²) in [6.45, 7) is 1.17. The number of hydrogen-bond donors (Lipinski definition) is 2. The van der Waals surface area contributed by atoms with E-state index in [0.717, 1.165) is 18.4 Å². The standard InChI is InChI=1S/C17H20N8O2/c1-23-10-18-15(22-23)12-2-4-13(5-3-12)20-16(26)24-8-6-14(7-9-24)25-11-19-21-17(25)27/h2-5,10-11,14H,6-9H2,1H3,(H,20,26)(H,21,27). The number of benzene rings is 1. The molecule has 4 rings (SSSR count). The van der Waals surface area contributed by atoms with Gasteiger partial charge in [0.15, 0.2) is 5.82 Å². The zero-order valence-corrected chi connectivity index (χ0v) is 14.9. The number of aromatic amines is 1. The van der Waals surface area contributed by atoms with Gasteiger partial charge in [-0.1, -0.05) is 0 Å². The smallest absolute Gasteiger partial charge is 0.324 e. The fraction of sp³-hybridized carbons (Fsp3) is 0.353. The maximum absolute atomic E-state index is 12.5. The Morgan fingerprint density at radius 2 is 1.93 bits per heavy atom. The maximum atomic E-state index is 12.5. The zero-order chi connectivity index (χ0) is 18.8. The molecule has 140 valence electrons. The van der Waals surface area contributed by atoms with Crippen LogP contribution in [0, 0.1) is 0 Å². The lowest BCUT2D eigenvalue weighted by molar-refractivity contribution is 0.183. The average molecular weight is 368 g/mol. The molecule has 1 aromatic carbocycles. The number of hydrogen-bond acceptors (Lipinski definition) is 5. The van der Waals surface area contributed by atoms with Gasteiger partial charge in [-0.15, -0.1) is 0 Å². The second-order valence-corrected chi connectivity index (χ2v) is 6.54. The SMILES string of the molecule is Cn1cnc(-c2ccc(NC(=O)N3CCC(n4cn[nH]c4=O)CC3)cc2)n1. The summed E-state index contributed by atoms with van der Waals surface area (Å²) in [7, 11) is 1.82. The molecule has 3 heterocycles. The Hall–Kier alpha value is -3.43. The van der Waals surface area contributed by atoms with E-state index in [4.69, 9.17) is 0 Å². The molecular weight excluding hydrogens is 348 g/mol. The summed E-state index contributed by atoms with van der Waals surface area (Å²) in [6.07, 6.45) is 4.60. The Bertz CT molecular complexity index is 979. The van der Waals surface area contributed by atoms with Crippen LogP contribution in [0.15, 0.2) is 41.7 Å². The lowest BCUT2D eigenvalue weighted by Crippen LogP contribution is -2.42. The molecule has 2 N–H and O–H groups in total. The first kappa shape index (κ1) is 17.0. The third kappa shape index (κ3) is 3.59. The molecule has 0 saturated carbocycles. The van der Waals surface area contributed by atoms with Crippen LogP contribution in [0.3, 0.4) is 0 Å². The van der Waals surface area contributed by atoms with E-state index in [1.165, 1.54) is 6.33 Å². The van der Waals surface area contributed by atoms with Crippen LogP contribution in [0.25, 0.3) is 11.4 Å². The van der Waals surface area contributed by atoms with Crippen molar-refractivity contribution in [3.05, 3.63) is 47.4 Å². The highest BCUT2D eigenvalue weighted by Crippen LogP contribution is 2.22. The molecule has 1 aliphatic rings. The van der Waals surface area contributed by atoms with E-state index in [-0.39, 0.29) is 17.8 Å². The summed E-state index contributed by atoms with van der Waals surface area (Å²) in [6, 6.07) is 7.36. The highest BCUT2D eigenvalue weighted by atomic mass is 16.2. The Labute approximate surface area is 154 Å². The molecule has 2 aromatic heterocycles. The monoisotopic (exact) mass is 368 g/mol. The Morgan fingerprint density at radius 1 is 1.19 bits per heavy atom. The van der Waals surface area contributed by atoms with E-state index in [1.807, 2.05) is 31.3 Å². The van der Waals surface area contributed by atoms with Crippen molar-refractivity contribution >= 4 is 11.7 Å². The van der Waals surface area contributed by atoms with Gasteiger partial charge < -0.3 is 10.2 Å². The normalized spacial score (nSPS) is 15.1. The van der Waals surface area contributed by atoms with Crippen LogP contribution in [0.5, 0.6) is 0 Å². The highest BCUT2D eigenvalue weighted by Gasteiger charge is 2.24. The van der Waals surface area contributed by atoms with Crippen molar-refractivity contribution < 1.29 is 4.79 Å². The molecule has 0 bridgehead atoms. The Balaban J connectivity index is 1.34. The van der Waals surface area contributed by atoms with Crippen molar-refractivity contribution in [2.45, 2.75) is 18.9 Å². The number of aryl methyl sites for hydroxylation is 1. The number of H-pyrrole nitrogens is 1. The fourth-order valence-corrected chi connectivity index (χ4v) is 3.24. The number of rotatable bonds is 3. The number of carbonyl (C=O) groups excluding carboxylic acids is 1. The molecule has 0 unspecified atom stereocenters. The summed E-state index contributed by atoms with van der Waals surface area (Å²) in [5.74, 6) is 0.645. The highest BCUT2D eigenvalue weighted by molar-refractivity contribution is 5.89. The van der Waals surface area contributed by atoms with E-state index < -0.39 is 0 Å². The van der Waals surface area contributed by atoms with Gasteiger partial charge in [0.2, 0.25) is 0 Å². The van der Waals surface area contributed by atoms with E-state index in [2.05, 4.69) is 25.6 Å². The minimum Gasteiger partial charge on any atom is -0.324 e. The Morgan fingerprint density at radius 3 is 2.52 bits per heavy atom. The molecule has 0 aliphatic carbocycles. The second kappa shape index (κ2) is 7.06. The number of likely N-dealkylation sites (tertiary alicyclic amines) is 1. The summed E-state index contributed by atoms with van der Waals surface area (Å²) < 4.78 is 3.24. The third-order valence-corrected chi connectivity index (χ3v) is 4.72. The van der Waals surface area contributed by atoms with E-state index in [1.54, 1.807) is 20.5 Å². The van der Waals surface area contributed by atoms with Gasteiger partial charge in [0.25, 0.3) is 0 Å². The summed E-state index contributed by atoms with van der Waals surface area (Å²) in [4.78, 5) is 30.1. The zero-order valence-electron chi connectivity index (χ0n) is 14.9. The van der Waals surface area contributed by atoms with Gasteiger partial charge in [0.05, 0.1) is 0 Å². The van der Waals surface area contributed by atoms with Crippen molar-refractivity contribution in [2.75, 3.05) is 18.4 Å². The number of nitrogens with zero attached hydrogens (tertiary/aromatic N) is 6. The molecular formula is C17H20N8O2. The molecule has 2 amide bonds. The van der Waals surface area contributed by atoms with Crippen molar-refractivity contribution in [3.63, 3.8) is 0 Å². The molecule has 10 nitrogen and oxygen atoms in total. The lowest BCUT2D eigenvalue weighted by atomic mass is 10.1. The molecule has 10 heteroatoms. The quantitative estimate of drug-likeness (QED) is 0.722. The first-order valence-corrected chi connectivity index (χ1v) is 8.73. The van der Waals surface area contributed by atoms with E-state index >= 15 is 0 Å². The number of carbonyl (C=O) groups is 1. The Kier molecular flexibility index (Phi) is 4.45. The molecule has 27 heavy (non-hydrogen) atoms. The number of anilines is 1. The van der Waals surface area contributed by atoms with Gasteiger partial charge in [-0.25, -0.2) is 19.7 Å². The molecule has 0 radical (unpaired) electrons. The van der Waals surface area contributed by atoms with Gasteiger partial charge in [0.1, 0.15) is 12.7 Å². The van der Waals surface area contributed by atoms with Gasteiger partial charge >= 0.3 is 11.7 Å². The number of aromatic nitrogens is 6. The van der Waals surface area contributed by atoms with Crippen LogP contribution in [0.4, 0.5) is 10.5 Å². The lowest BCUT2D eigenvalue weighted by Gasteiger charge is -2.32. The third-order valence-electron chi connectivity index (χ3n) is 4.72. The first-order chi connectivity index (χ1) is 13.1. The molecule has 0 spiro atoms. The van der Waals surface area contributed by atoms with Gasteiger partial charge in [-0.05, 0) is 37.1 Å². The van der Waals surface area contributed by atoms with Gasteiger partial charge in [-0.3, -0.25) is 9.25 Å². The van der Waals surface area contributed by atoms with Crippen LogP contribution in [-0.4, -0.2) is 53.5 Å². The minimum absolute atomic E-state index is 0.0745. The largest absolute Gasteiger partial charge is 0.343 e. The van der Waals surface area contributed by atoms with Crippen molar-refractivity contribution in [1.82, 2.24) is 34.4 Å². The topological polar surface area (TPSA) is 114 Å². The van der Waals surface area contributed by atoms with Crippen LogP contribution >= 0.6 is 0 Å². The van der Waals surface area contributed by atoms with Crippen molar-refractivity contribution in [3.8, 4) is 11.4 Å². The molecule has 1 aliphatic heterocycles. The number of amides is 2. The molecule has 3 aromatic rings. The van der Waals surface area contributed by atoms with Gasteiger partial charge in [-0.2, -0.15) is 10.2 Å². The minimum atomic E-state index is -0.208. The summed E-state index contributed by atoms with van der Waals surface area (Å²) in [5, 5.41) is 13.3. The second-order valence-electron chi connectivity index (χ2n) is 6.54. The van der Waals surface area contributed by atoms with Crippen LogP contribution in [0.1, 0.15) is 18.9 Å². The summed E-state index contributed by atoms with van der Waals surface area (Å²) >= 11 is 0. The van der Waals surface area contributed by atoms with E-state index in [0.29, 0.717) is 24.6 Å². The van der Waals surface area contributed by atoms with Gasteiger partial charge in [0, 0.05) is 37.4 Å². The number of nitrogens with one attached hydrogen (secondary N) is 2. The fourth-order valence-electron chi connectivity index (χ4n) is 3.24. The maximum Gasteiger partial charge on any atom is 0.343 e. The van der Waals surface area contributed by atoms with Crippen molar-refractivity contribution in [1.29, 1.82) is 0 Å². The molecule has 0 atom stereocenters. The van der Waals surface area contributed by atoms with Crippen molar-refractivity contribution in [2.24, 2.45) is 7.05 Å².